The summed E-state index contributed by atoms with van der Waals surface area (Å²) >= 11 is 0. The number of Topliss-reactive ketones (excluding diaryl/α,β-unsaturated/α-hetero) is 2. The van der Waals surface area contributed by atoms with Crippen molar-refractivity contribution in [2.75, 3.05) is 52.8 Å². The van der Waals surface area contributed by atoms with Crippen molar-refractivity contribution in [3.8, 4) is 11.5 Å². The van der Waals surface area contributed by atoms with E-state index in [9.17, 15) is 85.6 Å². The van der Waals surface area contributed by atoms with Gasteiger partial charge in [-0.1, -0.05) is 25.1 Å². The SMILES string of the molecule is COc1cc(NC(C)CCCN)c2ncccc2c1.C[C@H]1c2cccc(O)c2C(=O)C2=C(O)[C@]3(O)C(=O)C(C(N)=O)=C(O)[C@@H](N(C)C)[C@@H]3[C@@H](O)[C@@H]21.NCC[C@H](O)C(=O)N[C@@H]1C[C@H](N)[C@@H](O[C@H]2O[C@H](CN)[C@@H](O)[C@H](O)[C@H]2O)[C@H](O)[C@H]1O[C@H]1O[C@H](CO)[C@@H](O)[C@H](N)[C@H]1O.O. The number of benzene rings is 2. The number of hydrogen-bond acceptors (Lipinski definition) is 30. The Labute approximate surface area is 528 Å². The summed E-state index contributed by atoms with van der Waals surface area (Å²) in [5.74, 6) is -8.86. The molecule has 6 aliphatic rings. The van der Waals surface area contributed by atoms with Crippen molar-refractivity contribution in [3.05, 3.63) is 82.5 Å². The van der Waals surface area contributed by atoms with Crippen LogP contribution in [0, 0.1) is 11.8 Å². The van der Waals surface area contributed by atoms with Crippen LogP contribution in [0.15, 0.2) is 71.3 Å². The van der Waals surface area contributed by atoms with Crippen molar-refractivity contribution in [2.24, 2.45) is 46.2 Å². The number of ketones is 2. The molecule has 29 N–H and O–H groups in total. The number of aliphatic hydroxyl groups is 12. The molecule has 2 aliphatic heterocycles. The van der Waals surface area contributed by atoms with E-state index in [-0.39, 0.29) is 42.7 Å². The highest BCUT2D eigenvalue weighted by Gasteiger charge is 2.67. The monoisotopic (exact) mass is 1310 g/mol. The number of aromatic nitrogens is 1. The lowest BCUT2D eigenvalue weighted by atomic mass is 9.55. The minimum atomic E-state index is -2.89. The maximum Gasteiger partial charge on any atom is 0.255 e. The Hall–Kier alpha value is -6.23. The van der Waals surface area contributed by atoms with Crippen LogP contribution in [0.1, 0.15) is 61.4 Å². The number of pyridine rings is 1. The molecule has 1 unspecified atom stereocenters. The van der Waals surface area contributed by atoms with E-state index in [1.54, 1.807) is 26.2 Å². The van der Waals surface area contributed by atoms with Gasteiger partial charge in [-0.3, -0.25) is 29.1 Å². The van der Waals surface area contributed by atoms with E-state index in [4.69, 9.17) is 58.1 Å². The van der Waals surface area contributed by atoms with E-state index >= 15 is 0 Å². The standard InChI is InChI=1S/C22H43N5O13.C22H24N2O8.C15H21N3O.H2O/c23-2-1-8(29)20(36)27-7-3-6(25)18(39-22-16(34)15(33)13(31)9(4-24)37-22)17(35)19(7)40-21-14(32)11(26)12(30)10(5-28)38-21;1-7-8-5-4-6-9(25)11(8)16(26)12-10(7)17(27)14-15(24(2)3)18(28)13(21(23)31)20(30)22(14,32)19(12)29;1-11(5-3-7-16)18-14-10-13(19-2)9-12-6-4-8-17-15(12)14;/h6-19,21-22,28-35H,1-5,23-26H2,(H,27,36);4-7,10,14-15,17,25,27-29,32H,1-3H3,(H2,23,31);4,6,8-11,18H,3,5,7,16H2,1-2H3;1H2/t6-,7+,8-,9+,10+,11-,12+,13+,14+,15-,16+,17-,18+,19-,21+,22+;7-,10+,14+,15-,17-,22-;;/m00../s1. The van der Waals surface area contributed by atoms with E-state index in [2.05, 4.69) is 22.5 Å². The number of carbonyl (C=O) groups excluding carboxylic acids is 4. The summed E-state index contributed by atoms with van der Waals surface area (Å²) in [5, 5.41) is 144. The lowest BCUT2D eigenvalue weighted by Gasteiger charge is -2.53. The lowest BCUT2D eigenvalue weighted by molar-refractivity contribution is -0.332. The van der Waals surface area contributed by atoms with Crippen molar-refractivity contribution in [2.45, 2.75) is 167 Å². The third-order valence-corrected chi connectivity index (χ3v) is 17.7. The molecule has 0 bridgehead atoms. The fourth-order valence-electron chi connectivity index (χ4n) is 12.8. The quantitative estimate of drug-likeness (QED) is 0.0526. The van der Waals surface area contributed by atoms with Crippen LogP contribution in [-0.4, -0.2) is 274 Å². The molecule has 33 nitrogen and oxygen atoms in total. The number of methoxy groups -OCH3 is 1. The Morgan fingerprint density at radius 1 is 0.848 bits per heavy atom. The van der Waals surface area contributed by atoms with Crippen molar-refractivity contribution >= 4 is 40.0 Å². The number of aromatic hydroxyl groups is 1. The number of phenols is 1. The summed E-state index contributed by atoms with van der Waals surface area (Å²) in [5.41, 5.74) is 32.0. The van der Waals surface area contributed by atoms with E-state index in [1.165, 1.54) is 25.1 Å². The highest BCUT2D eigenvalue weighted by Crippen LogP contribution is 2.55. The molecule has 1 aromatic heterocycles. The summed E-state index contributed by atoms with van der Waals surface area (Å²) in [6.45, 7) is 3.66. The first-order valence-electron chi connectivity index (χ1n) is 29.7. The van der Waals surface area contributed by atoms with Gasteiger partial charge in [-0.15, -0.1) is 0 Å². The topological polar surface area (TPSA) is 605 Å². The molecule has 3 fully saturated rings. The van der Waals surface area contributed by atoms with Crippen molar-refractivity contribution in [1.29, 1.82) is 0 Å². The molecule has 2 saturated heterocycles. The van der Waals surface area contributed by atoms with Gasteiger partial charge in [-0.25, -0.2) is 0 Å². The van der Waals surface area contributed by atoms with Crippen LogP contribution in [0.2, 0.25) is 0 Å². The first-order valence-corrected chi connectivity index (χ1v) is 29.7. The molecular weight excluding hydrogens is 1220 g/mol. The fraction of sp³-hybridized carbons (Fsp3) is 0.610. The zero-order chi connectivity index (χ0) is 67.4. The first-order chi connectivity index (χ1) is 43.0. The highest BCUT2D eigenvalue weighted by atomic mass is 16.7. The van der Waals surface area contributed by atoms with Gasteiger partial charge < -0.3 is 141 Å². The van der Waals surface area contributed by atoms with E-state index < -0.39 is 186 Å². The Morgan fingerprint density at radius 2 is 1.50 bits per heavy atom. The van der Waals surface area contributed by atoms with Gasteiger partial charge in [0.05, 0.1) is 60.6 Å². The molecule has 23 atom stereocenters. The zero-order valence-corrected chi connectivity index (χ0v) is 51.3. The molecule has 3 heterocycles. The van der Waals surface area contributed by atoms with Gasteiger partial charge in [0.25, 0.3) is 5.91 Å². The third-order valence-electron chi connectivity index (χ3n) is 17.7. The maximum absolute atomic E-state index is 13.3. The second-order valence-electron chi connectivity index (χ2n) is 23.9. The molecule has 9 rings (SSSR count). The number of anilines is 1. The number of nitrogens with two attached hydrogens (primary N) is 6. The minimum Gasteiger partial charge on any atom is -0.510 e. The number of aliphatic hydroxyl groups excluding tert-OH is 11. The number of fused-ring (bicyclic) bond motifs is 4. The molecule has 2 amide bonds. The Balaban J connectivity index is 0.000000231. The Kier molecular flexibility index (Phi) is 25.5. The highest BCUT2D eigenvalue weighted by molar-refractivity contribution is 6.25. The predicted molar refractivity (Wildman–Crippen MR) is 324 cm³/mol. The van der Waals surface area contributed by atoms with E-state index in [1.807, 2.05) is 30.5 Å². The van der Waals surface area contributed by atoms with Gasteiger partial charge in [0.15, 0.2) is 24.0 Å². The number of primary amides is 1. The first kappa shape index (κ1) is 74.8. The minimum absolute atomic E-state index is 0. The number of likely N-dealkylation sites (N-methyl/N-ethyl adjacent to an activating group) is 1. The zero-order valence-electron chi connectivity index (χ0n) is 51.3. The van der Waals surface area contributed by atoms with Gasteiger partial charge in [-0.05, 0) is 89.5 Å². The summed E-state index contributed by atoms with van der Waals surface area (Å²) < 4.78 is 27.8. The van der Waals surface area contributed by atoms with Gasteiger partial charge in [0.2, 0.25) is 11.7 Å². The van der Waals surface area contributed by atoms with Crippen LogP contribution < -0.4 is 49.8 Å². The third kappa shape index (κ3) is 14.7. The maximum atomic E-state index is 13.3. The van der Waals surface area contributed by atoms with Crippen LogP contribution in [-0.2, 0) is 33.3 Å². The number of hydrogen-bond donors (Lipinski definition) is 21. The number of amides is 2. The average molecular weight is 1310 g/mol. The normalized spacial score (nSPS) is 35.0. The molecule has 92 heavy (non-hydrogen) atoms. The van der Waals surface area contributed by atoms with Gasteiger partial charge >= 0.3 is 0 Å². The molecule has 4 aliphatic carbocycles. The number of nitrogens with zero attached hydrogens (tertiary/aromatic N) is 2. The average Bonchev–Trinajstić information content (AvgIpc) is 0.689. The second-order valence-corrected chi connectivity index (χ2v) is 23.9. The molecule has 0 radical (unpaired) electrons. The number of nitrogens with one attached hydrogen (secondary N) is 2. The summed E-state index contributed by atoms with van der Waals surface area (Å²) in [4.78, 5) is 56.8. The van der Waals surface area contributed by atoms with E-state index in [0.29, 0.717) is 11.6 Å². The lowest BCUT2D eigenvalue weighted by Crippen LogP contribution is -2.69. The number of ether oxygens (including phenoxy) is 5. The van der Waals surface area contributed by atoms with Crippen molar-refractivity contribution in [1.82, 2.24) is 15.2 Å². The molecule has 1 saturated carbocycles. The van der Waals surface area contributed by atoms with Gasteiger partial charge in [-0.2, -0.15) is 0 Å². The van der Waals surface area contributed by atoms with Crippen LogP contribution in [0.4, 0.5) is 5.69 Å². The van der Waals surface area contributed by atoms with Gasteiger partial charge in [0.1, 0.15) is 95.7 Å². The molecular formula is C59H90N10O23. The van der Waals surface area contributed by atoms with Crippen molar-refractivity contribution in [3.63, 3.8) is 0 Å². The van der Waals surface area contributed by atoms with Crippen LogP contribution in [0.5, 0.6) is 11.5 Å². The summed E-state index contributed by atoms with van der Waals surface area (Å²) in [6.07, 6.45) is -17.5. The largest absolute Gasteiger partial charge is 0.510 e. The smallest absolute Gasteiger partial charge is 0.255 e. The molecule has 2 aromatic carbocycles. The predicted octanol–water partition coefficient (Wildman–Crippen LogP) is -6.81. The fourth-order valence-corrected chi connectivity index (χ4v) is 12.8. The Bertz CT molecular complexity index is 3130. The van der Waals surface area contributed by atoms with E-state index in [0.717, 1.165) is 41.7 Å². The van der Waals surface area contributed by atoms with Crippen LogP contribution in [0.25, 0.3) is 10.9 Å². The van der Waals surface area contributed by atoms with Gasteiger partial charge in [0, 0.05) is 47.8 Å². The molecule has 33 heteroatoms. The van der Waals surface area contributed by atoms with Crippen LogP contribution >= 0.6 is 0 Å². The number of carbonyl (C=O) groups is 4. The summed E-state index contributed by atoms with van der Waals surface area (Å²) in [7, 11) is 4.65. The number of rotatable bonds is 18. The van der Waals surface area contributed by atoms with Crippen molar-refractivity contribution < 1.29 is 115 Å². The molecule has 514 valence electrons. The molecule has 0 spiro atoms. The van der Waals surface area contributed by atoms with Crippen LogP contribution in [0.3, 0.4) is 0 Å². The second kappa shape index (κ2) is 31.3. The summed E-state index contributed by atoms with van der Waals surface area (Å²) in [6, 6.07) is 8.04. The number of phenolic OH excluding ortho intramolecular Hbond substituents is 1. The Morgan fingerprint density at radius 3 is 2.11 bits per heavy atom. The molecule has 3 aromatic rings.